The van der Waals surface area contributed by atoms with Crippen molar-refractivity contribution in [3.8, 4) is 5.75 Å². The van der Waals surface area contributed by atoms with E-state index in [0.717, 1.165) is 35.7 Å². The first-order valence-corrected chi connectivity index (χ1v) is 9.58. The van der Waals surface area contributed by atoms with Crippen LogP contribution in [-0.4, -0.2) is 11.2 Å². The topological polar surface area (TPSA) is 61.3 Å². The molecule has 150 valence electrons. The Labute approximate surface area is 166 Å². The average molecular weight is 410 g/mol. The first-order valence-electron chi connectivity index (χ1n) is 8.69. The second kappa shape index (κ2) is 7.67. The van der Waals surface area contributed by atoms with Crippen LogP contribution in [0.2, 0.25) is 0 Å². The van der Waals surface area contributed by atoms with Crippen molar-refractivity contribution < 1.29 is 22.3 Å². The Bertz CT molecular complexity index is 981. The monoisotopic (exact) mass is 410 g/mol. The highest BCUT2D eigenvalue weighted by Gasteiger charge is 2.44. The molecular weight excluding hydrogens is 389 g/mol. The molecule has 1 aliphatic carbocycles. The molecule has 1 aromatic carbocycles. The van der Waals surface area contributed by atoms with E-state index in [-0.39, 0.29) is 17.7 Å². The molecule has 1 aliphatic rings. The molecule has 0 amide bonds. The van der Waals surface area contributed by atoms with Crippen LogP contribution in [0.25, 0.3) is 11.0 Å². The van der Waals surface area contributed by atoms with E-state index < -0.39 is 11.9 Å². The molecule has 28 heavy (non-hydrogen) atoms. The SMILES string of the molecule is CS.Cc1oc2ccc(OCc3cccnc3C(F)(F)F)cc2c1C1(N)CC1. The Kier molecular flexibility index (Phi) is 5.63. The molecule has 2 heterocycles. The van der Waals surface area contributed by atoms with E-state index in [9.17, 15) is 13.2 Å². The Morgan fingerprint density at radius 1 is 1.25 bits per heavy atom. The lowest BCUT2D eigenvalue weighted by Gasteiger charge is -2.13. The summed E-state index contributed by atoms with van der Waals surface area (Å²) in [5.41, 5.74) is 6.66. The standard InChI is InChI=1S/C19H17F3N2O2.CH4S/c1-11-16(18(23)6-7-18)14-9-13(4-5-15(14)26-11)25-10-12-3-2-8-24-17(12)19(20,21)22;1-2/h2-5,8-9H,6-7,10,23H2,1H3;2H,1H3. The number of aryl methyl sites for hydroxylation is 1. The summed E-state index contributed by atoms with van der Waals surface area (Å²) in [6.45, 7) is 1.64. The molecule has 0 spiro atoms. The van der Waals surface area contributed by atoms with E-state index in [4.69, 9.17) is 14.9 Å². The second-order valence-electron chi connectivity index (χ2n) is 6.64. The van der Waals surface area contributed by atoms with Gasteiger partial charge in [-0.1, -0.05) is 6.07 Å². The van der Waals surface area contributed by atoms with Gasteiger partial charge in [0.15, 0.2) is 5.69 Å². The number of halogens is 3. The van der Waals surface area contributed by atoms with Crippen molar-refractivity contribution in [3.63, 3.8) is 0 Å². The van der Waals surface area contributed by atoms with Crippen LogP contribution < -0.4 is 10.5 Å². The lowest BCUT2D eigenvalue weighted by molar-refractivity contribution is -0.142. The summed E-state index contributed by atoms with van der Waals surface area (Å²) >= 11 is 3.53. The predicted molar refractivity (Wildman–Crippen MR) is 105 cm³/mol. The molecule has 0 aliphatic heterocycles. The number of hydrogen-bond donors (Lipinski definition) is 2. The molecule has 8 heteroatoms. The van der Waals surface area contributed by atoms with Crippen LogP contribution in [0.15, 0.2) is 40.9 Å². The zero-order chi connectivity index (χ0) is 20.5. The van der Waals surface area contributed by atoms with E-state index >= 15 is 0 Å². The second-order valence-corrected chi connectivity index (χ2v) is 6.64. The minimum atomic E-state index is -4.52. The summed E-state index contributed by atoms with van der Waals surface area (Å²) in [5.74, 6) is 1.23. The number of hydrogen-bond acceptors (Lipinski definition) is 5. The van der Waals surface area contributed by atoms with Gasteiger partial charge in [-0.05, 0) is 50.3 Å². The van der Waals surface area contributed by atoms with Gasteiger partial charge >= 0.3 is 6.18 Å². The minimum Gasteiger partial charge on any atom is -0.489 e. The molecule has 0 unspecified atom stereocenters. The fourth-order valence-electron chi connectivity index (χ4n) is 3.26. The van der Waals surface area contributed by atoms with Gasteiger partial charge in [-0.3, -0.25) is 4.98 Å². The molecule has 4 rings (SSSR count). The van der Waals surface area contributed by atoms with Gasteiger partial charge in [-0.15, -0.1) is 0 Å². The molecule has 0 bridgehead atoms. The summed E-state index contributed by atoms with van der Waals surface area (Å²) < 4.78 is 50.5. The zero-order valence-electron chi connectivity index (χ0n) is 15.5. The number of furan rings is 1. The van der Waals surface area contributed by atoms with E-state index in [1.807, 2.05) is 6.92 Å². The maximum atomic E-state index is 13.0. The van der Waals surface area contributed by atoms with Crippen molar-refractivity contribution in [1.82, 2.24) is 4.98 Å². The number of thiol groups is 1. The molecule has 4 nitrogen and oxygen atoms in total. The van der Waals surface area contributed by atoms with Crippen LogP contribution in [0.1, 0.15) is 35.4 Å². The number of pyridine rings is 1. The molecule has 3 aromatic rings. The lowest BCUT2D eigenvalue weighted by atomic mass is 10.0. The van der Waals surface area contributed by atoms with E-state index in [1.165, 1.54) is 12.1 Å². The van der Waals surface area contributed by atoms with Crippen LogP contribution in [0.5, 0.6) is 5.75 Å². The zero-order valence-corrected chi connectivity index (χ0v) is 16.4. The summed E-state index contributed by atoms with van der Waals surface area (Å²) in [6, 6.07) is 8.02. The number of alkyl halides is 3. The summed E-state index contributed by atoms with van der Waals surface area (Å²) in [5, 5.41) is 0.849. The maximum absolute atomic E-state index is 13.0. The predicted octanol–water partition coefficient (Wildman–Crippen LogP) is 5.23. The fraction of sp³-hybridized carbons (Fsp3) is 0.350. The third-order valence-electron chi connectivity index (χ3n) is 4.68. The average Bonchev–Trinajstić information content (AvgIpc) is 3.31. The molecular formula is C20H21F3N2O2S. The van der Waals surface area contributed by atoms with Crippen molar-refractivity contribution in [2.45, 2.75) is 38.1 Å². The number of aromatic nitrogens is 1. The van der Waals surface area contributed by atoms with Crippen LogP contribution in [0, 0.1) is 6.92 Å². The Morgan fingerprint density at radius 2 is 1.96 bits per heavy atom. The number of benzene rings is 1. The highest BCUT2D eigenvalue weighted by Crippen LogP contribution is 2.48. The fourth-order valence-corrected chi connectivity index (χ4v) is 3.26. The third kappa shape index (κ3) is 3.98. The number of nitrogens with two attached hydrogens (primary N) is 1. The molecule has 1 saturated carbocycles. The van der Waals surface area contributed by atoms with Gasteiger partial charge in [-0.25, -0.2) is 0 Å². The van der Waals surface area contributed by atoms with Crippen molar-refractivity contribution in [2.75, 3.05) is 6.26 Å². The molecule has 2 aromatic heterocycles. The van der Waals surface area contributed by atoms with E-state index in [2.05, 4.69) is 17.6 Å². The van der Waals surface area contributed by atoms with Gasteiger partial charge in [0.25, 0.3) is 0 Å². The largest absolute Gasteiger partial charge is 0.489 e. The molecule has 0 radical (unpaired) electrons. The van der Waals surface area contributed by atoms with Gasteiger partial charge in [-0.2, -0.15) is 25.8 Å². The molecule has 0 saturated heterocycles. The summed E-state index contributed by atoms with van der Waals surface area (Å²) in [6.07, 6.45) is 0.0717. The van der Waals surface area contributed by atoms with Gasteiger partial charge in [0.05, 0.1) is 0 Å². The van der Waals surface area contributed by atoms with Crippen molar-refractivity contribution in [3.05, 3.63) is 59.1 Å². The minimum absolute atomic E-state index is 0.0128. The lowest BCUT2D eigenvalue weighted by Crippen LogP contribution is -2.19. The molecule has 1 fully saturated rings. The quantitative estimate of drug-likeness (QED) is 0.579. The summed E-state index contributed by atoms with van der Waals surface area (Å²) in [4.78, 5) is 3.43. The van der Waals surface area contributed by atoms with Crippen LogP contribution in [0.3, 0.4) is 0 Å². The van der Waals surface area contributed by atoms with Crippen LogP contribution >= 0.6 is 12.6 Å². The number of nitrogens with zero attached hydrogens (tertiary/aromatic N) is 1. The highest BCUT2D eigenvalue weighted by molar-refractivity contribution is 7.79. The maximum Gasteiger partial charge on any atom is 0.433 e. The van der Waals surface area contributed by atoms with Crippen molar-refractivity contribution in [1.29, 1.82) is 0 Å². The first-order chi connectivity index (χ1) is 13.3. The van der Waals surface area contributed by atoms with Crippen LogP contribution in [0.4, 0.5) is 13.2 Å². The normalized spacial score (nSPS) is 15.1. The third-order valence-corrected chi connectivity index (χ3v) is 4.68. The van der Waals surface area contributed by atoms with Crippen LogP contribution in [-0.2, 0) is 18.3 Å². The Hall–Kier alpha value is -2.19. The van der Waals surface area contributed by atoms with Crippen molar-refractivity contribution in [2.24, 2.45) is 5.73 Å². The Morgan fingerprint density at radius 3 is 2.61 bits per heavy atom. The van der Waals surface area contributed by atoms with Crippen molar-refractivity contribution >= 4 is 23.6 Å². The highest BCUT2D eigenvalue weighted by atomic mass is 32.1. The van der Waals surface area contributed by atoms with Gasteiger partial charge in [0.1, 0.15) is 23.7 Å². The summed E-state index contributed by atoms with van der Waals surface area (Å²) in [7, 11) is 0. The Balaban J connectivity index is 0.00000109. The number of rotatable bonds is 4. The van der Waals surface area contributed by atoms with Gasteiger partial charge in [0.2, 0.25) is 0 Å². The van der Waals surface area contributed by atoms with Gasteiger partial charge < -0.3 is 14.9 Å². The van der Waals surface area contributed by atoms with Gasteiger partial charge in [0, 0.05) is 28.2 Å². The van der Waals surface area contributed by atoms with E-state index in [1.54, 1.807) is 24.5 Å². The number of ether oxygens (including phenoxy) is 1. The van der Waals surface area contributed by atoms with E-state index in [0.29, 0.717) is 11.3 Å². The first kappa shape index (κ1) is 20.5. The number of fused-ring (bicyclic) bond motifs is 1. The smallest absolute Gasteiger partial charge is 0.433 e. The molecule has 0 atom stereocenters. The molecule has 2 N–H and O–H groups in total.